The van der Waals surface area contributed by atoms with Crippen molar-refractivity contribution in [1.29, 1.82) is 0 Å². The summed E-state index contributed by atoms with van der Waals surface area (Å²) in [6.07, 6.45) is 1.10. The third-order valence-electron chi connectivity index (χ3n) is 5.34. The van der Waals surface area contributed by atoms with Crippen molar-refractivity contribution < 1.29 is 9.53 Å². The van der Waals surface area contributed by atoms with Crippen molar-refractivity contribution in [2.45, 2.75) is 53.9 Å². The van der Waals surface area contributed by atoms with E-state index in [9.17, 15) is 4.79 Å². The minimum atomic E-state index is -0.328. The van der Waals surface area contributed by atoms with Gasteiger partial charge in [-0.2, -0.15) is 0 Å². The number of ether oxygens (including phenoxy) is 1. The van der Waals surface area contributed by atoms with Gasteiger partial charge in [0.05, 0.1) is 5.56 Å². The number of esters is 1. The summed E-state index contributed by atoms with van der Waals surface area (Å²) in [5, 5.41) is 2.15. The fourth-order valence-corrected chi connectivity index (χ4v) is 3.79. The average molecular weight is 389 g/mol. The summed E-state index contributed by atoms with van der Waals surface area (Å²) in [5.74, 6) is 0.689. The smallest absolute Gasteiger partial charge is 0.343 e. The molecule has 0 aliphatic heterocycles. The Balaban J connectivity index is 1.77. The number of benzene rings is 3. The van der Waals surface area contributed by atoms with Gasteiger partial charge in [0.2, 0.25) is 0 Å². The van der Waals surface area contributed by atoms with Gasteiger partial charge < -0.3 is 4.74 Å². The lowest BCUT2D eigenvalue weighted by atomic mass is 9.69. The van der Waals surface area contributed by atoms with Gasteiger partial charge in [-0.1, -0.05) is 84.0 Å². The number of carbonyl (C=O) groups is 1. The van der Waals surface area contributed by atoms with Crippen molar-refractivity contribution >= 4 is 16.7 Å². The Bertz CT molecular complexity index is 985. The monoisotopic (exact) mass is 388 g/mol. The number of hydrogen-bond donors (Lipinski definition) is 0. The Morgan fingerprint density at radius 2 is 1.45 bits per heavy atom. The molecule has 0 spiro atoms. The molecule has 152 valence electrons. The Kier molecular flexibility index (Phi) is 5.84. The molecular weight excluding hydrogens is 356 g/mol. The fourth-order valence-electron chi connectivity index (χ4n) is 3.79. The summed E-state index contributed by atoms with van der Waals surface area (Å²) in [4.78, 5) is 12.6. The van der Waals surface area contributed by atoms with E-state index >= 15 is 0 Å². The van der Waals surface area contributed by atoms with E-state index < -0.39 is 0 Å². The van der Waals surface area contributed by atoms with Crippen LogP contribution in [0, 0.1) is 10.8 Å². The topological polar surface area (TPSA) is 26.3 Å². The quantitative estimate of drug-likeness (QED) is 0.339. The molecule has 0 aromatic heterocycles. The first-order valence-corrected chi connectivity index (χ1v) is 10.3. The summed E-state index contributed by atoms with van der Waals surface area (Å²) < 4.78 is 5.63. The summed E-state index contributed by atoms with van der Waals surface area (Å²) in [5.41, 5.74) is 2.27. The second-order valence-corrected chi connectivity index (χ2v) is 10.2. The first-order chi connectivity index (χ1) is 13.5. The van der Waals surface area contributed by atoms with E-state index in [0.29, 0.717) is 17.2 Å². The Morgan fingerprint density at radius 3 is 2.03 bits per heavy atom. The molecule has 1 atom stereocenters. The van der Waals surface area contributed by atoms with Crippen molar-refractivity contribution in [3.8, 4) is 5.75 Å². The van der Waals surface area contributed by atoms with Crippen LogP contribution in [0.1, 0.15) is 69.8 Å². The van der Waals surface area contributed by atoms with E-state index in [2.05, 4.69) is 53.7 Å². The first-order valence-electron chi connectivity index (χ1n) is 10.3. The molecule has 29 heavy (non-hydrogen) atoms. The molecule has 0 saturated carbocycles. The minimum Gasteiger partial charge on any atom is -0.423 e. The average Bonchev–Trinajstić information content (AvgIpc) is 2.65. The highest BCUT2D eigenvalue weighted by molar-refractivity contribution is 5.96. The van der Waals surface area contributed by atoms with E-state index in [1.165, 1.54) is 5.56 Å². The molecule has 3 aromatic carbocycles. The molecule has 3 rings (SSSR count). The highest BCUT2D eigenvalue weighted by Gasteiger charge is 2.30. The van der Waals surface area contributed by atoms with Crippen molar-refractivity contribution in [1.82, 2.24) is 0 Å². The molecule has 0 aliphatic carbocycles. The number of hydrogen-bond acceptors (Lipinski definition) is 2. The standard InChI is InChI=1S/C27H32O2/c1-26(2,3)18-24(27(4,5)6)20-13-15-23(16-14-20)29-25(28)22-12-11-19-9-7-8-10-21(19)17-22/h7-17,24H,18H2,1-6H3. The second kappa shape index (κ2) is 8.02. The van der Waals surface area contributed by atoms with Crippen LogP contribution in [0.2, 0.25) is 0 Å². The predicted octanol–water partition coefficient (Wildman–Crippen LogP) is 7.62. The molecule has 0 aliphatic rings. The largest absolute Gasteiger partial charge is 0.423 e. The zero-order valence-corrected chi connectivity index (χ0v) is 18.5. The normalized spacial score (nSPS) is 13.3. The van der Waals surface area contributed by atoms with Gasteiger partial charge in [0.1, 0.15) is 5.75 Å². The number of carbonyl (C=O) groups excluding carboxylic acids is 1. The van der Waals surface area contributed by atoms with Gasteiger partial charge in [-0.05, 0) is 63.8 Å². The number of rotatable bonds is 4. The van der Waals surface area contributed by atoms with Gasteiger partial charge in [0.15, 0.2) is 0 Å². The molecular formula is C27H32O2. The SMILES string of the molecule is CC(C)(C)CC(c1ccc(OC(=O)c2ccc3ccccc3c2)cc1)C(C)(C)C. The van der Waals surface area contributed by atoms with E-state index in [1.807, 2.05) is 54.6 Å². The van der Waals surface area contributed by atoms with Gasteiger partial charge in [0, 0.05) is 0 Å². The van der Waals surface area contributed by atoms with Crippen LogP contribution < -0.4 is 4.74 Å². The molecule has 0 N–H and O–H groups in total. The minimum absolute atomic E-state index is 0.163. The van der Waals surface area contributed by atoms with Crippen LogP contribution in [-0.2, 0) is 0 Å². The second-order valence-electron chi connectivity index (χ2n) is 10.2. The van der Waals surface area contributed by atoms with Gasteiger partial charge in [-0.25, -0.2) is 4.79 Å². The zero-order valence-electron chi connectivity index (χ0n) is 18.5. The lowest BCUT2D eigenvalue weighted by molar-refractivity contribution is 0.0735. The summed E-state index contributed by atoms with van der Waals surface area (Å²) in [6, 6.07) is 21.7. The van der Waals surface area contributed by atoms with Crippen molar-refractivity contribution in [2.24, 2.45) is 10.8 Å². The molecule has 0 saturated heterocycles. The maximum absolute atomic E-state index is 12.6. The zero-order chi connectivity index (χ0) is 21.2. The van der Waals surface area contributed by atoms with Crippen molar-refractivity contribution in [3.63, 3.8) is 0 Å². The molecule has 2 nitrogen and oxygen atoms in total. The van der Waals surface area contributed by atoms with E-state index in [0.717, 1.165) is 17.2 Å². The highest BCUT2D eigenvalue weighted by Crippen LogP contribution is 2.43. The van der Waals surface area contributed by atoms with Crippen LogP contribution >= 0.6 is 0 Å². The molecule has 0 amide bonds. The first kappa shape index (κ1) is 21.1. The van der Waals surface area contributed by atoms with Crippen LogP contribution in [0.5, 0.6) is 5.75 Å². The molecule has 0 fully saturated rings. The van der Waals surface area contributed by atoms with Crippen LogP contribution in [0.15, 0.2) is 66.7 Å². The molecule has 0 heterocycles. The van der Waals surface area contributed by atoms with E-state index in [4.69, 9.17) is 4.74 Å². The van der Waals surface area contributed by atoms with Gasteiger partial charge in [-0.15, -0.1) is 0 Å². The maximum Gasteiger partial charge on any atom is 0.343 e. The van der Waals surface area contributed by atoms with Crippen LogP contribution in [0.25, 0.3) is 10.8 Å². The molecule has 2 heteroatoms. The van der Waals surface area contributed by atoms with Gasteiger partial charge in [-0.3, -0.25) is 0 Å². The van der Waals surface area contributed by atoms with Gasteiger partial charge >= 0.3 is 5.97 Å². The van der Waals surface area contributed by atoms with Gasteiger partial charge in [0.25, 0.3) is 0 Å². The molecule has 0 radical (unpaired) electrons. The molecule has 1 unspecified atom stereocenters. The number of fused-ring (bicyclic) bond motifs is 1. The Hall–Kier alpha value is -2.61. The Morgan fingerprint density at radius 1 is 0.828 bits per heavy atom. The van der Waals surface area contributed by atoms with Crippen LogP contribution in [0.3, 0.4) is 0 Å². The fraction of sp³-hybridized carbons (Fsp3) is 0.370. The van der Waals surface area contributed by atoms with Crippen LogP contribution in [-0.4, -0.2) is 5.97 Å². The van der Waals surface area contributed by atoms with E-state index in [-0.39, 0.29) is 16.8 Å². The van der Waals surface area contributed by atoms with E-state index in [1.54, 1.807) is 0 Å². The van der Waals surface area contributed by atoms with Crippen LogP contribution in [0.4, 0.5) is 0 Å². The lowest BCUT2D eigenvalue weighted by Crippen LogP contribution is -2.23. The third kappa shape index (κ3) is 5.47. The molecule has 3 aromatic rings. The van der Waals surface area contributed by atoms with Crippen molar-refractivity contribution in [3.05, 3.63) is 77.9 Å². The molecule has 0 bridgehead atoms. The predicted molar refractivity (Wildman–Crippen MR) is 122 cm³/mol. The lowest BCUT2D eigenvalue weighted by Gasteiger charge is -2.36. The summed E-state index contributed by atoms with van der Waals surface area (Å²) >= 11 is 0. The summed E-state index contributed by atoms with van der Waals surface area (Å²) in [6.45, 7) is 13.7. The third-order valence-corrected chi connectivity index (χ3v) is 5.34. The maximum atomic E-state index is 12.6. The Labute approximate surface area is 174 Å². The summed E-state index contributed by atoms with van der Waals surface area (Å²) in [7, 11) is 0. The van der Waals surface area contributed by atoms with Crippen molar-refractivity contribution in [2.75, 3.05) is 0 Å². The highest BCUT2D eigenvalue weighted by atomic mass is 16.5.